The number of thioether (sulfide) groups is 1. The van der Waals surface area contributed by atoms with Crippen LogP contribution in [0.3, 0.4) is 0 Å². The van der Waals surface area contributed by atoms with Crippen LogP contribution in [0.25, 0.3) is 0 Å². The molecule has 2 amide bonds. The Hall–Kier alpha value is -1.20. The van der Waals surface area contributed by atoms with E-state index in [1.54, 1.807) is 11.8 Å². The van der Waals surface area contributed by atoms with Gasteiger partial charge in [0.2, 0.25) is 0 Å². The first-order valence-electron chi connectivity index (χ1n) is 8.47. The van der Waals surface area contributed by atoms with Gasteiger partial charge in [-0.15, -0.1) is 11.8 Å². The number of benzene rings is 1. The molecule has 0 bridgehead atoms. The first-order chi connectivity index (χ1) is 11.2. The van der Waals surface area contributed by atoms with Gasteiger partial charge >= 0.3 is 6.03 Å². The first kappa shape index (κ1) is 16.7. The Balaban J connectivity index is 1.37. The van der Waals surface area contributed by atoms with Gasteiger partial charge in [0, 0.05) is 43.5 Å². The molecule has 2 fully saturated rings. The molecule has 0 saturated carbocycles. The molecule has 1 N–H and O–H groups in total. The van der Waals surface area contributed by atoms with Crippen LogP contribution in [0, 0.1) is 12.3 Å². The molecule has 0 unspecified atom stereocenters. The highest BCUT2D eigenvalue weighted by atomic mass is 32.2. The van der Waals surface area contributed by atoms with Crippen molar-refractivity contribution in [3.63, 3.8) is 0 Å². The highest BCUT2D eigenvalue weighted by Crippen LogP contribution is 2.39. The summed E-state index contributed by atoms with van der Waals surface area (Å²) in [7, 11) is 0. The van der Waals surface area contributed by atoms with E-state index < -0.39 is 0 Å². The minimum absolute atomic E-state index is 0.0953. The van der Waals surface area contributed by atoms with Crippen molar-refractivity contribution >= 4 is 17.8 Å². The lowest BCUT2D eigenvalue weighted by Crippen LogP contribution is -2.41. The molecular weight excluding hydrogens is 308 g/mol. The second-order valence-electron chi connectivity index (χ2n) is 6.68. The molecule has 1 aromatic carbocycles. The Bertz CT molecular complexity index is 526. The number of nitrogens with zero attached hydrogens (tertiary/aromatic N) is 1. The standard InChI is InChI=1S/C18H26N2O2S/c1-15-2-4-16(5-3-15)23-13-9-19-17(21)20-10-6-18(14-20)7-11-22-12-8-18/h2-5H,6-14H2,1H3,(H,19,21). The van der Waals surface area contributed by atoms with Gasteiger partial charge in [0.1, 0.15) is 0 Å². The summed E-state index contributed by atoms with van der Waals surface area (Å²) in [6.07, 6.45) is 3.32. The van der Waals surface area contributed by atoms with E-state index in [4.69, 9.17) is 4.74 Å². The molecule has 126 valence electrons. The molecule has 2 saturated heterocycles. The molecule has 1 aromatic rings. The Morgan fingerprint density at radius 3 is 2.74 bits per heavy atom. The van der Waals surface area contributed by atoms with E-state index in [0.717, 1.165) is 51.3 Å². The number of likely N-dealkylation sites (tertiary alicyclic amines) is 1. The predicted molar refractivity (Wildman–Crippen MR) is 94.0 cm³/mol. The highest BCUT2D eigenvalue weighted by molar-refractivity contribution is 7.99. The molecule has 2 aliphatic heterocycles. The third kappa shape index (κ3) is 4.42. The van der Waals surface area contributed by atoms with Crippen LogP contribution in [0.2, 0.25) is 0 Å². The maximum atomic E-state index is 12.3. The molecule has 5 heteroatoms. The van der Waals surface area contributed by atoms with Crippen molar-refractivity contribution in [1.82, 2.24) is 10.2 Å². The van der Waals surface area contributed by atoms with Gasteiger partial charge in [-0.2, -0.15) is 0 Å². The number of urea groups is 1. The number of nitrogens with one attached hydrogen (secondary N) is 1. The second-order valence-corrected chi connectivity index (χ2v) is 7.85. The molecule has 3 rings (SSSR count). The summed E-state index contributed by atoms with van der Waals surface area (Å²) in [6, 6.07) is 8.61. The number of hydrogen-bond acceptors (Lipinski definition) is 3. The molecule has 1 spiro atoms. The Labute approximate surface area is 143 Å². The zero-order chi connectivity index (χ0) is 16.1. The maximum Gasteiger partial charge on any atom is 0.317 e. The van der Waals surface area contributed by atoms with E-state index in [-0.39, 0.29) is 6.03 Å². The summed E-state index contributed by atoms with van der Waals surface area (Å²) < 4.78 is 5.46. The van der Waals surface area contributed by atoms with Crippen LogP contribution in [0.4, 0.5) is 4.79 Å². The maximum absolute atomic E-state index is 12.3. The lowest BCUT2D eigenvalue weighted by atomic mass is 9.80. The summed E-state index contributed by atoms with van der Waals surface area (Å²) >= 11 is 1.79. The largest absolute Gasteiger partial charge is 0.381 e. The van der Waals surface area contributed by atoms with Crippen molar-refractivity contribution in [2.24, 2.45) is 5.41 Å². The number of carbonyl (C=O) groups excluding carboxylic acids is 1. The summed E-state index contributed by atoms with van der Waals surface area (Å²) in [5.74, 6) is 0.904. The number of aryl methyl sites for hydroxylation is 1. The molecule has 0 atom stereocenters. The zero-order valence-electron chi connectivity index (χ0n) is 13.8. The average Bonchev–Trinajstić information content (AvgIpc) is 2.97. The average molecular weight is 334 g/mol. The fraction of sp³-hybridized carbons (Fsp3) is 0.611. The first-order valence-corrected chi connectivity index (χ1v) is 9.46. The van der Waals surface area contributed by atoms with Crippen LogP contribution in [0.5, 0.6) is 0 Å². The summed E-state index contributed by atoms with van der Waals surface area (Å²) in [4.78, 5) is 15.5. The molecule has 0 aromatic heterocycles. The number of rotatable bonds is 4. The molecule has 0 aliphatic carbocycles. The molecular formula is C18H26N2O2S. The quantitative estimate of drug-likeness (QED) is 0.678. The lowest BCUT2D eigenvalue weighted by molar-refractivity contribution is 0.0209. The molecule has 4 nitrogen and oxygen atoms in total. The van der Waals surface area contributed by atoms with E-state index in [1.165, 1.54) is 10.5 Å². The fourth-order valence-corrected chi connectivity index (χ4v) is 4.16. The Morgan fingerprint density at radius 2 is 2.00 bits per heavy atom. The van der Waals surface area contributed by atoms with Crippen LogP contribution in [-0.4, -0.2) is 49.5 Å². The Morgan fingerprint density at radius 1 is 1.26 bits per heavy atom. The van der Waals surface area contributed by atoms with Gasteiger partial charge in [-0.05, 0) is 43.7 Å². The van der Waals surface area contributed by atoms with Gasteiger partial charge in [-0.3, -0.25) is 0 Å². The van der Waals surface area contributed by atoms with Crippen molar-refractivity contribution in [3.05, 3.63) is 29.8 Å². The molecule has 2 aliphatic rings. The van der Waals surface area contributed by atoms with Gasteiger partial charge in [0.15, 0.2) is 0 Å². The number of hydrogen-bond donors (Lipinski definition) is 1. The molecule has 23 heavy (non-hydrogen) atoms. The van der Waals surface area contributed by atoms with Crippen LogP contribution < -0.4 is 5.32 Å². The van der Waals surface area contributed by atoms with Gasteiger partial charge in [-0.25, -0.2) is 4.79 Å². The number of amides is 2. The van der Waals surface area contributed by atoms with Crippen molar-refractivity contribution < 1.29 is 9.53 Å². The topological polar surface area (TPSA) is 41.6 Å². The van der Waals surface area contributed by atoms with Crippen molar-refractivity contribution in [2.45, 2.75) is 31.1 Å². The van der Waals surface area contributed by atoms with Crippen molar-refractivity contribution in [3.8, 4) is 0 Å². The SMILES string of the molecule is Cc1ccc(SCCNC(=O)N2CCC3(CCOCC3)C2)cc1. The van der Waals surface area contributed by atoms with E-state index in [1.807, 2.05) is 4.90 Å². The third-order valence-electron chi connectivity index (χ3n) is 4.95. The summed E-state index contributed by atoms with van der Waals surface area (Å²) in [5, 5.41) is 3.06. The van der Waals surface area contributed by atoms with Crippen LogP contribution >= 0.6 is 11.8 Å². The van der Waals surface area contributed by atoms with Gasteiger partial charge in [0.05, 0.1) is 0 Å². The smallest absolute Gasteiger partial charge is 0.317 e. The highest BCUT2D eigenvalue weighted by Gasteiger charge is 2.40. The van der Waals surface area contributed by atoms with Gasteiger partial charge in [0.25, 0.3) is 0 Å². The van der Waals surface area contributed by atoms with E-state index in [2.05, 4.69) is 36.5 Å². The fourth-order valence-electron chi connectivity index (χ4n) is 3.39. The van der Waals surface area contributed by atoms with Gasteiger partial charge < -0.3 is 15.0 Å². The van der Waals surface area contributed by atoms with E-state index >= 15 is 0 Å². The van der Waals surface area contributed by atoms with Crippen molar-refractivity contribution in [2.75, 3.05) is 38.6 Å². The Kier molecular flexibility index (Phi) is 5.49. The second kappa shape index (κ2) is 7.58. The summed E-state index contributed by atoms with van der Waals surface area (Å²) in [5.41, 5.74) is 1.60. The minimum Gasteiger partial charge on any atom is -0.381 e. The number of ether oxygens (including phenoxy) is 1. The number of carbonyl (C=O) groups is 1. The zero-order valence-corrected chi connectivity index (χ0v) is 14.7. The van der Waals surface area contributed by atoms with Crippen LogP contribution in [-0.2, 0) is 4.74 Å². The van der Waals surface area contributed by atoms with Gasteiger partial charge in [-0.1, -0.05) is 17.7 Å². The van der Waals surface area contributed by atoms with E-state index in [0.29, 0.717) is 12.0 Å². The van der Waals surface area contributed by atoms with Crippen LogP contribution in [0.15, 0.2) is 29.2 Å². The van der Waals surface area contributed by atoms with Crippen molar-refractivity contribution in [1.29, 1.82) is 0 Å². The van der Waals surface area contributed by atoms with Crippen LogP contribution in [0.1, 0.15) is 24.8 Å². The minimum atomic E-state index is 0.0953. The molecule has 2 heterocycles. The normalized spacial score (nSPS) is 20.0. The lowest BCUT2D eigenvalue weighted by Gasteiger charge is -2.33. The molecule has 0 radical (unpaired) electrons. The monoisotopic (exact) mass is 334 g/mol. The predicted octanol–water partition coefficient (Wildman–Crippen LogP) is 3.30. The summed E-state index contributed by atoms with van der Waals surface area (Å²) in [6.45, 7) is 6.29. The third-order valence-corrected chi connectivity index (χ3v) is 5.96. The van der Waals surface area contributed by atoms with E-state index in [9.17, 15) is 4.79 Å².